The minimum absolute atomic E-state index is 0.208. The van der Waals surface area contributed by atoms with Crippen molar-refractivity contribution in [2.75, 3.05) is 12.3 Å². The van der Waals surface area contributed by atoms with Crippen molar-refractivity contribution >= 4 is 17.7 Å². The number of amides is 1. The highest BCUT2D eigenvalue weighted by Gasteiger charge is 2.06. The quantitative estimate of drug-likeness (QED) is 0.530. The van der Waals surface area contributed by atoms with E-state index in [0.29, 0.717) is 17.9 Å². The van der Waals surface area contributed by atoms with Gasteiger partial charge in [-0.1, -0.05) is 42.1 Å². The number of hydrogen-bond acceptors (Lipinski definition) is 3. The smallest absolute Gasteiger partial charge is 0.251 e. The van der Waals surface area contributed by atoms with Crippen LogP contribution in [0.25, 0.3) is 11.3 Å². The van der Waals surface area contributed by atoms with E-state index in [4.69, 9.17) is 0 Å². The number of H-pyrrole nitrogens is 1. The van der Waals surface area contributed by atoms with Crippen LogP contribution < -0.4 is 5.32 Å². The van der Waals surface area contributed by atoms with Gasteiger partial charge in [-0.25, -0.2) is 9.37 Å². The number of carbonyl (C=O) groups excluding carboxylic acids is 1. The number of rotatable bonds is 6. The van der Waals surface area contributed by atoms with Crippen LogP contribution in [0, 0.1) is 5.82 Å². The lowest BCUT2D eigenvalue weighted by Crippen LogP contribution is -2.25. The fraction of sp³-hybridized carbons (Fsp3) is 0.111. The maximum absolute atomic E-state index is 12.8. The summed E-state index contributed by atoms with van der Waals surface area (Å²) in [6.45, 7) is 0.502. The van der Waals surface area contributed by atoms with Gasteiger partial charge in [-0.15, -0.1) is 0 Å². The SMILES string of the molecule is O=C(NCCSc1ncc(-c2ccccc2)[nH]1)c1ccc(F)cc1. The number of aromatic nitrogens is 2. The van der Waals surface area contributed by atoms with Crippen LogP contribution in [-0.2, 0) is 0 Å². The van der Waals surface area contributed by atoms with Crippen LogP contribution in [0.3, 0.4) is 0 Å². The van der Waals surface area contributed by atoms with Crippen LogP contribution in [0.5, 0.6) is 0 Å². The summed E-state index contributed by atoms with van der Waals surface area (Å²) in [7, 11) is 0. The molecule has 0 aliphatic rings. The van der Waals surface area contributed by atoms with Gasteiger partial charge in [0.15, 0.2) is 5.16 Å². The Morgan fingerprint density at radius 2 is 1.88 bits per heavy atom. The van der Waals surface area contributed by atoms with Gasteiger partial charge < -0.3 is 10.3 Å². The van der Waals surface area contributed by atoms with Gasteiger partial charge in [-0.3, -0.25) is 4.79 Å². The zero-order valence-corrected chi connectivity index (χ0v) is 13.6. The number of carbonyl (C=O) groups is 1. The topological polar surface area (TPSA) is 57.8 Å². The Morgan fingerprint density at radius 1 is 1.12 bits per heavy atom. The number of aromatic amines is 1. The first-order chi connectivity index (χ1) is 11.7. The molecule has 2 aromatic carbocycles. The van der Waals surface area contributed by atoms with Crippen LogP contribution in [0.1, 0.15) is 10.4 Å². The molecule has 4 nitrogen and oxygen atoms in total. The first-order valence-corrected chi connectivity index (χ1v) is 8.48. The minimum atomic E-state index is -0.353. The monoisotopic (exact) mass is 341 g/mol. The van der Waals surface area contributed by atoms with Gasteiger partial charge in [0.2, 0.25) is 0 Å². The Labute approximate surface area is 143 Å². The van der Waals surface area contributed by atoms with Crippen molar-refractivity contribution in [3.05, 3.63) is 72.2 Å². The van der Waals surface area contributed by atoms with Gasteiger partial charge in [0.05, 0.1) is 11.9 Å². The maximum Gasteiger partial charge on any atom is 0.251 e. The number of hydrogen-bond donors (Lipinski definition) is 2. The molecule has 0 aliphatic heterocycles. The summed E-state index contributed by atoms with van der Waals surface area (Å²) in [6.07, 6.45) is 1.80. The summed E-state index contributed by atoms with van der Waals surface area (Å²) in [5.41, 5.74) is 2.50. The average molecular weight is 341 g/mol. The number of thioether (sulfide) groups is 1. The fourth-order valence-corrected chi connectivity index (χ4v) is 2.86. The second-order valence-electron chi connectivity index (χ2n) is 5.08. The second-order valence-corrected chi connectivity index (χ2v) is 6.16. The van der Waals surface area contributed by atoms with Crippen molar-refractivity contribution < 1.29 is 9.18 Å². The lowest BCUT2D eigenvalue weighted by molar-refractivity contribution is 0.0956. The van der Waals surface area contributed by atoms with E-state index in [1.807, 2.05) is 30.3 Å². The van der Waals surface area contributed by atoms with Crippen LogP contribution in [-0.4, -0.2) is 28.2 Å². The molecule has 0 saturated carbocycles. The Bertz CT molecular complexity index is 803. The Kier molecular flexibility index (Phi) is 5.28. The summed E-state index contributed by atoms with van der Waals surface area (Å²) >= 11 is 1.53. The normalized spacial score (nSPS) is 10.5. The molecule has 3 rings (SSSR count). The Morgan fingerprint density at radius 3 is 2.62 bits per heavy atom. The van der Waals surface area contributed by atoms with E-state index < -0.39 is 0 Å². The van der Waals surface area contributed by atoms with Crippen molar-refractivity contribution in [2.24, 2.45) is 0 Å². The summed E-state index contributed by atoms with van der Waals surface area (Å²) in [6, 6.07) is 15.5. The van der Waals surface area contributed by atoms with Crippen LogP contribution >= 0.6 is 11.8 Å². The molecule has 1 aromatic heterocycles. The second kappa shape index (κ2) is 7.79. The molecule has 0 atom stereocenters. The number of benzene rings is 2. The Hall–Kier alpha value is -2.60. The first kappa shape index (κ1) is 16.3. The highest BCUT2D eigenvalue weighted by molar-refractivity contribution is 7.99. The lowest BCUT2D eigenvalue weighted by Gasteiger charge is -2.04. The van der Waals surface area contributed by atoms with Gasteiger partial charge >= 0.3 is 0 Å². The molecule has 0 fully saturated rings. The third-order valence-corrected chi connectivity index (χ3v) is 4.26. The van der Waals surface area contributed by atoms with Crippen LogP contribution in [0.2, 0.25) is 0 Å². The highest BCUT2D eigenvalue weighted by atomic mass is 32.2. The third-order valence-electron chi connectivity index (χ3n) is 3.37. The average Bonchev–Trinajstić information content (AvgIpc) is 3.09. The molecule has 3 aromatic rings. The third kappa shape index (κ3) is 4.23. The van der Waals surface area contributed by atoms with Gasteiger partial charge in [0, 0.05) is 17.9 Å². The summed E-state index contributed by atoms with van der Waals surface area (Å²) in [4.78, 5) is 19.5. The van der Waals surface area contributed by atoms with Gasteiger partial charge in [-0.05, 0) is 29.8 Å². The molecule has 24 heavy (non-hydrogen) atoms. The molecule has 0 bridgehead atoms. The maximum atomic E-state index is 12.8. The van der Waals surface area contributed by atoms with Crippen molar-refractivity contribution in [2.45, 2.75) is 5.16 Å². The van der Waals surface area contributed by atoms with Gasteiger partial charge in [0.25, 0.3) is 5.91 Å². The predicted molar refractivity (Wildman–Crippen MR) is 93.5 cm³/mol. The molecule has 6 heteroatoms. The lowest BCUT2D eigenvalue weighted by atomic mass is 10.2. The van der Waals surface area contributed by atoms with E-state index in [0.717, 1.165) is 16.4 Å². The van der Waals surface area contributed by atoms with Crippen LogP contribution in [0.4, 0.5) is 4.39 Å². The Balaban J connectivity index is 1.46. The first-order valence-electron chi connectivity index (χ1n) is 7.49. The largest absolute Gasteiger partial charge is 0.351 e. The van der Waals surface area contributed by atoms with Crippen molar-refractivity contribution in [3.8, 4) is 11.3 Å². The zero-order valence-electron chi connectivity index (χ0n) is 12.8. The molecule has 1 amide bonds. The predicted octanol–water partition coefficient (Wildman–Crippen LogP) is 3.74. The van der Waals surface area contributed by atoms with Crippen molar-refractivity contribution in [3.63, 3.8) is 0 Å². The zero-order chi connectivity index (χ0) is 16.8. The molecule has 122 valence electrons. The van der Waals surface area contributed by atoms with Crippen LogP contribution in [0.15, 0.2) is 66.0 Å². The standard InChI is InChI=1S/C18H16FN3OS/c19-15-8-6-14(7-9-15)17(23)20-10-11-24-18-21-12-16(22-18)13-4-2-1-3-5-13/h1-9,12H,10-11H2,(H,20,23)(H,21,22). The van der Waals surface area contributed by atoms with E-state index in [-0.39, 0.29) is 11.7 Å². The number of halogens is 1. The fourth-order valence-electron chi connectivity index (χ4n) is 2.16. The van der Waals surface area contributed by atoms with E-state index in [1.54, 1.807) is 6.20 Å². The summed E-state index contributed by atoms with van der Waals surface area (Å²) in [5.74, 6) is 0.128. The van der Waals surface area contributed by atoms with Gasteiger partial charge in [-0.2, -0.15) is 0 Å². The molecular weight excluding hydrogens is 325 g/mol. The minimum Gasteiger partial charge on any atom is -0.351 e. The molecule has 0 aliphatic carbocycles. The van der Waals surface area contributed by atoms with Crippen molar-refractivity contribution in [1.82, 2.24) is 15.3 Å². The number of imidazole rings is 1. The summed E-state index contributed by atoms with van der Waals surface area (Å²) in [5, 5.41) is 3.61. The van der Waals surface area contributed by atoms with E-state index in [1.165, 1.54) is 36.0 Å². The molecule has 1 heterocycles. The number of nitrogens with one attached hydrogen (secondary N) is 2. The van der Waals surface area contributed by atoms with Crippen molar-refractivity contribution in [1.29, 1.82) is 0 Å². The molecule has 0 saturated heterocycles. The molecule has 2 N–H and O–H groups in total. The number of nitrogens with zero attached hydrogens (tertiary/aromatic N) is 1. The molecule has 0 spiro atoms. The summed E-state index contributed by atoms with van der Waals surface area (Å²) < 4.78 is 12.8. The molecule has 0 unspecified atom stereocenters. The molecule has 0 radical (unpaired) electrons. The molecular formula is C18H16FN3OS. The highest BCUT2D eigenvalue weighted by Crippen LogP contribution is 2.20. The van der Waals surface area contributed by atoms with E-state index in [9.17, 15) is 9.18 Å². The van der Waals surface area contributed by atoms with E-state index in [2.05, 4.69) is 15.3 Å². The van der Waals surface area contributed by atoms with Gasteiger partial charge in [0.1, 0.15) is 5.82 Å². The van der Waals surface area contributed by atoms with E-state index >= 15 is 0 Å².